The number of Topliss-reactive ketones (excluding diaryl/α,β-unsaturated/α-hetero) is 1. The number of nitrogens with zero attached hydrogens (tertiary/aromatic N) is 4. The van der Waals surface area contributed by atoms with Crippen LogP contribution < -0.4 is 0 Å². The summed E-state index contributed by atoms with van der Waals surface area (Å²) in [5.74, 6) is -1.98. The van der Waals surface area contributed by atoms with Crippen LogP contribution in [0.15, 0.2) is 45.6 Å². The Bertz CT molecular complexity index is 1040. The van der Waals surface area contributed by atoms with Gasteiger partial charge in [-0.15, -0.1) is 0 Å². The Morgan fingerprint density at radius 2 is 1.29 bits per heavy atom. The molecule has 4 heterocycles. The average molecular weight is 596 g/mol. The monoisotopic (exact) mass is 594 g/mol. The number of ketones is 1. The minimum atomic E-state index is -1.71. The van der Waals surface area contributed by atoms with Gasteiger partial charge in [-0.25, -0.2) is 0 Å². The zero-order valence-electron chi connectivity index (χ0n) is 19.1. The van der Waals surface area contributed by atoms with Crippen molar-refractivity contribution in [3.63, 3.8) is 0 Å². The maximum Gasteiger partial charge on any atom is 0.322 e. The standard InChI is InChI=1S/C23H24Br2N4O5/c1-28-11-22(20(31)33-3)17(15-7-5-13(24)9-26-15)29(2)18(16-8-6-14(25)10-27-16)23(12-28,19(22)30)21(32)34-4/h5-10,17-18H,11-12H2,1-4H3. The van der Waals surface area contributed by atoms with Crippen molar-refractivity contribution in [3.8, 4) is 0 Å². The summed E-state index contributed by atoms with van der Waals surface area (Å²) in [4.78, 5) is 54.2. The van der Waals surface area contributed by atoms with Crippen molar-refractivity contribution in [3.05, 3.63) is 57.0 Å². The highest BCUT2D eigenvalue weighted by atomic mass is 79.9. The molecule has 0 aliphatic carbocycles. The van der Waals surface area contributed by atoms with Gasteiger partial charge >= 0.3 is 11.9 Å². The van der Waals surface area contributed by atoms with E-state index in [2.05, 4.69) is 41.8 Å². The molecule has 0 amide bonds. The molecule has 180 valence electrons. The number of piperidine rings is 2. The van der Waals surface area contributed by atoms with Gasteiger partial charge in [0.15, 0.2) is 16.6 Å². The van der Waals surface area contributed by atoms with E-state index in [9.17, 15) is 14.4 Å². The highest BCUT2D eigenvalue weighted by molar-refractivity contribution is 9.10. The number of pyridine rings is 2. The summed E-state index contributed by atoms with van der Waals surface area (Å²) in [6, 6.07) is 5.47. The van der Waals surface area contributed by atoms with Crippen molar-refractivity contribution in [2.24, 2.45) is 10.8 Å². The van der Waals surface area contributed by atoms with Crippen LogP contribution in [0.25, 0.3) is 0 Å². The Labute approximate surface area is 214 Å². The number of methoxy groups -OCH3 is 2. The van der Waals surface area contributed by atoms with Gasteiger partial charge in [0.1, 0.15) is 0 Å². The van der Waals surface area contributed by atoms with Crippen LogP contribution in [0, 0.1) is 10.8 Å². The third kappa shape index (κ3) is 3.52. The maximum atomic E-state index is 14.5. The van der Waals surface area contributed by atoms with Gasteiger partial charge in [-0.3, -0.25) is 29.3 Å². The molecular formula is C23H24Br2N4O5. The molecule has 34 heavy (non-hydrogen) atoms. The van der Waals surface area contributed by atoms with E-state index in [1.165, 1.54) is 14.2 Å². The Kier molecular flexibility index (Phi) is 6.67. The first kappa shape index (κ1) is 24.9. The SMILES string of the molecule is COC(=O)C12CN(C)CC(C(=O)OC)(C1=O)C(c1ccc(Br)cn1)N(C)C2c1ccc(Br)cn1. The van der Waals surface area contributed by atoms with E-state index >= 15 is 0 Å². The first-order valence-electron chi connectivity index (χ1n) is 10.5. The minimum absolute atomic E-state index is 0.0600. The van der Waals surface area contributed by atoms with Gasteiger partial charge in [0.05, 0.1) is 37.7 Å². The molecule has 2 fully saturated rings. The minimum Gasteiger partial charge on any atom is -0.468 e. The van der Waals surface area contributed by atoms with Crippen LogP contribution in [0.3, 0.4) is 0 Å². The number of ether oxygens (including phenoxy) is 2. The number of esters is 2. The lowest BCUT2D eigenvalue weighted by Crippen LogP contribution is -2.75. The summed E-state index contributed by atoms with van der Waals surface area (Å²) in [5.41, 5.74) is -2.42. The van der Waals surface area contributed by atoms with Crippen LogP contribution in [-0.2, 0) is 23.9 Å². The van der Waals surface area contributed by atoms with Gasteiger partial charge in [-0.1, -0.05) is 0 Å². The van der Waals surface area contributed by atoms with Crippen LogP contribution in [-0.4, -0.2) is 78.9 Å². The number of halogens is 2. The Balaban J connectivity index is 2.06. The zero-order valence-corrected chi connectivity index (χ0v) is 22.3. The van der Waals surface area contributed by atoms with Crippen molar-refractivity contribution in [1.29, 1.82) is 0 Å². The molecule has 2 saturated heterocycles. The van der Waals surface area contributed by atoms with E-state index in [4.69, 9.17) is 9.47 Å². The third-order valence-corrected chi connectivity index (χ3v) is 7.70. The number of fused-ring (bicyclic) bond motifs is 2. The van der Waals surface area contributed by atoms with Crippen LogP contribution >= 0.6 is 31.9 Å². The number of hydrogen-bond donors (Lipinski definition) is 0. The average Bonchev–Trinajstić information content (AvgIpc) is 2.82. The van der Waals surface area contributed by atoms with Crippen molar-refractivity contribution >= 4 is 49.6 Å². The van der Waals surface area contributed by atoms with E-state index < -0.39 is 40.6 Å². The molecule has 0 N–H and O–H groups in total. The fourth-order valence-electron chi connectivity index (χ4n) is 5.64. The molecule has 4 unspecified atom stereocenters. The second-order valence-corrected chi connectivity index (χ2v) is 10.5. The lowest BCUT2D eigenvalue weighted by Gasteiger charge is -2.60. The highest BCUT2D eigenvalue weighted by Crippen LogP contribution is 2.59. The van der Waals surface area contributed by atoms with Gasteiger partial charge in [0.25, 0.3) is 0 Å². The molecule has 2 bridgehead atoms. The molecule has 2 aromatic rings. The predicted molar refractivity (Wildman–Crippen MR) is 129 cm³/mol. The van der Waals surface area contributed by atoms with Gasteiger partial charge < -0.3 is 14.4 Å². The maximum absolute atomic E-state index is 14.5. The fraction of sp³-hybridized carbons (Fsp3) is 0.435. The van der Waals surface area contributed by atoms with Crippen molar-refractivity contribution < 1.29 is 23.9 Å². The number of likely N-dealkylation sites (tertiary alicyclic amines) is 2. The largest absolute Gasteiger partial charge is 0.468 e. The lowest BCUT2D eigenvalue weighted by atomic mass is 9.54. The summed E-state index contributed by atoms with van der Waals surface area (Å²) in [6.07, 6.45) is 3.22. The van der Waals surface area contributed by atoms with Gasteiger partial charge in [0, 0.05) is 34.4 Å². The first-order valence-corrected chi connectivity index (χ1v) is 12.1. The van der Waals surface area contributed by atoms with E-state index in [1.807, 2.05) is 4.90 Å². The summed E-state index contributed by atoms with van der Waals surface area (Å²) in [5, 5.41) is 0. The van der Waals surface area contributed by atoms with Crippen LogP contribution in [0.2, 0.25) is 0 Å². The van der Waals surface area contributed by atoms with E-state index in [0.717, 1.165) is 8.95 Å². The number of rotatable bonds is 4. The van der Waals surface area contributed by atoms with E-state index in [1.54, 1.807) is 55.7 Å². The molecule has 11 heteroatoms. The van der Waals surface area contributed by atoms with Crippen LogP contribution in [0.1, 0.15) is 23.5 Å². The Morgan fingerprint density at radius 1 is 0.882 bits per heavy atom. The molecular weight excluding hydrogens is 572 g/mol. The Hall–Kier alpha value is -2.21. The smallest absolute Gasteiger partial charge is 0.322 e. The molecule has 0 spiro atoms. The molecule has 2 aromatic heterocycles. The molecule has 2 aliphatic rings. The van der Waals surface area contributed by atoms with Crippen molar-refractivity contribution in [2.75, 3.05) is 41.4 Å². The molecule has 0 aromatic carbocycles. The normalized spacial score (nSPS) is 29.5. The number of carbonyl (C=O) groups excluding carboxylic acids is 3. The van der Waals surface area contributed by atoms with Gasteiger partial charge in [0.2, 0.25) is 0 Å². The topological polar surface area (TPSA) is 102 Å². The molecule has 9 nitrogen and oxygen atoms in total. The van der Waals surface area contributed by atoms with Gasteiger partial charge in [-0.2, -0.15) is 0 Å². The van der Waals surface area contributed by atoms with E-state index in [0.29, 0.717) is 11.4 Å². The highest BCUT2D eigenvalue weighted by Gasteiger charge is 2.75. The van der Waals surface area contributed by atoms with Gasteiger partial charge in [-0.05, 0) is 70.2 Å². The summed E-state index contributed by atoms with van der Waals surface area (Å²) in [7, 11) is 6.03. The summed E-state index contributed by atoms with van der Waals surface area (Å²) in [6.45, 7) is 0.120. The molecule has 0 saturated carbocycles. The second kappa shape index (κ2) is 9.10. The number of carbonyl (C=O) groups is 3. The van der Waals surface area contributed by atoms with Crippen molar-refractivity contribution in [1.82, 2.24) is 19.8 Å². The first-order chi connectivity index (χ1) is 16.1. The second-order valence-electron chi connectivity index (χ2n) is 8.70. The number of aromatic nitrogens is 2. The molecule has 4 atom stereocenters. The zero-order chi connectivity index (χ0) is 24.8. The summed E-state index contributed by atoms with van der Waals surface area (Å²) >= 11 is 6.78. The summed E-state index contributed by atoms with van der Waals surface area (Å²) < 4.78 is 11.9. The van der Waals surface area contributed by atoms with E-state index in [-0.39, 0.29) is 13.1 Å². The Morgan fingerprint density at radius 3 is 1.62 bits per heavy atom. The molecule has 0 radical (unpaired) electrons. The van der Waals surface area contributed by atoms with Crippen molar-refractivity contribution in [2.45, 2.75) is 12.1 Å². The lowest BCUT2D eigenvalue weighted by molar-refractivity contribution is -0.202. The third-order valence-electron chi connectivity index (χ3n) is 6.76. The number of hydrogen-bond acceptors (Lipinski definition) is 9. The molecule has 4 rings (SSSR count). The molecule has 2 aliphatic heterocycles. The van der Waals surface area contributed by atoms with Crippen LogP contribution in [0.5, 0.6) is 0 Å². The quantitative estimate of drug-likeness (QED) is 0.390. The van der Waals surface area contributed by atoms with Crippen LogP contribution in [0.4, 0.5) is 0 Å². The fourth-order valence-corrected chi connectivity index (χ4v) is 6.11. The predicted octanol–water partition coefficient (Wildman–Crippen LogP) is 2.56.